The summed E-state index contributed by atoms with van der Waals surface area (Å²) < 4.78 is 31.6. The van der Waals surface area contributed by atoms with Gasteiger partial charge in [0.1, 0.15) is 0 Å². The maximum Gasteiger partial charge on any atom is 0.240 e. The van der Waals surface area contributed by atoms with Crippen LogP contribution >= 0.6 is 11.6 Å². The summed E-state index contributed by atoms with van der Waals surface area (Å²) in [7, 11) is -2.27. The highest BCUT2D eigenvalue weighted by molar-refractivity contribution is 7.89. The molecule has 1 aromatic rings. The summed E-state index contributed by atoms with van der Waals surface area (Å²) in [5, 5.41) is 9.18. The molecule has 0 saturated heterocycles. The Hall–Kier alpha value is -0.860. The molecule has 1 aromatic carbocycles. The molecule has 0 saturated carbocycles. The first kappa shape index (κ1) is 16.2. The highest BCUT2D eigenvalue weighted by Gasteiger charge is 2.20. The summed E-state index contributed by atoms with van der Waals surface area (Å²) in [5.74, 6) is 0. The summed E-state index contributed by atoms with van der Waals surface area (Å²) in [6.07, 6.45) is 0.260. The molecule has 8 heteroatoms. The van der Waals surface area contributed by atoms with E-state index in [0.29, 0.717) is 5.02 Å². The van der Waals surface area contributed by atoms with Crippen LogP contribution in [0.25, 0.3) is 0 Å². The summed E-state index contributed by atoms with van der Waals surface area (Å²) in [6.45, 7) is 0.0299. The molecule has 0 fully saturated rings. The largest absolute Gasteiger partial charge is 0.397 e. The highest BCUT2D eigenvalue weighted by atomic mass is 35.5. The van der Waals surface area contributed by atoms with Crippen molar-refractivity contribution in [2.45, 2.75) is 17.4 Å². The molecule has 0 heterocycles. The lowest BCUT2D eigenvalue weighted by atomic mass is 10.2. The second-order valence-corrected chi connectivity index (χ2v) is 6.09. The van der Waals surface area contributed by atoms with Crippen LogP contribution in [-0.4, -0.2) is 39.9 Å². The van der Waals surface area contributed by atoms with E-state index < -0.39 is 16.1 Å². The van der Waals surface area contributed by atoms with Gasteiger partial charge in [-0.3, -0.25) is 0 Å². The standard InChI is InChI=1S/C11H17ClN2O4S/c1-18-7-8(4-5-15)14-19(16,17)9-2-3-10(12)11(13)6-9/h2-3,6,8,14-15H,4-5,7,13H2,1H3. The molecule has 1 atom stereocenters. The fourth-order valence-corrected chi connectivity index (χ4v) is 2.92. The molecule has 19 heavy (non-hydrogen) atoms. The quantitative estimate of drug-likeness (QED) is 0.640. The van der Waals surface area contributed by atoms with Crippen molar-refractivity contribution in [2.75, 3.05) is 26.1 Å². The van der Waals surface area contributed by atoms with E-state index in [1.165, 1.54) is 25.3 Å². The fraction of sp³-hybridized carbons (Fsp3) is 0.455. The molecule has 4 N–H and O–H groups in total. The number of aliphatic hydroxyl groups excluding tert-OH is 1. The van der Waals surface area contributed by atoms with Gasteiger partial charge in [0, 0.05) is 19.8 Å². The first-order valence-corrected chi connectivity index (χ1v) is 7.44. The first-order valence-electron chi connectivity index (χ1n) is 5.58. The summed E-state index contributed by atoms with van der Waals surface area (Å²) in [6, 6.07) is 3.57. The summed E-state index contributed by atoms with van der Waals surface area (Å²) in [5.41, 5.74) is 5.77. The minimum absolute atomic E-state index is 0.0217. The van der Waals surface area contributed by atoms with Crippen LogP contribution in [0.15, 0.2) is 23.1 Å². The van der Waals surface area contributed by atoms with Gasteiger partial charge in [-0.15, -0.1) is 0 Å². The number of ether oxygens (including phenoxy) is 1. The third-order valence-electron chi connectivity index (χ3n) is 2.44. The maximum atomic E-state index is 12.1. The van der Waals surface area contributed by atoms with E-state index in [1.807, 2.05) is 0 Å². The zero-order valence-corrected chi connectivity index (χ0v) is 12.0. The minimum Gasteiger partial charge on any atom is -0.397 e. The lowest BCUT2D eigenvalue weighted by Crippen LogP contribution is -2.38. The number of nitrogens with two attached hydrogens (primary N) is 1. The zero-order valence-electron chi connectivity index (χ0n) is 10.5. The van der Waals surface area contributed by atoms with Crippen molar-refractivity contribution in [3.63, 3.8) is 0 Å². The Labute approximate surface area is 117 Å². The lowest BCUT2D eigenvalue weighted by molar-refractivity contribution is 0.158. The van der Waals surface area contributed by atoms with Crippen LogP contribution in [0.1, 0.15) is 6.42 Å². The average Bonchev–Trinajstić information content (AvgIpc) is 2.32. The van der Waals surface area contributed by atoms with Crippen LogP contribution in [0, 0.1) is 0 Å². The number of benzene rings is 1. The van der Waals surface area contributed by atoms with Crippen molar-refractivity contribution in [3.8, 4) is 0 Å². The number of methoxy groups -OCH3 is 1. The molecule has 0 spiro atoms. The van der Waals surface area contributed by atoms with Gasteiger partial charge in [0.15, 0.2) is 0 Å². The van der Waals surface area contributed by atoms with Gasteiger partial charge >= 0.3 is 0 Å². The minimum atomic E-state index is -3.72. The van der Waals surface area contributed by atoms with Gasteiger partial charge in [-0.1, -0.05) is 11.6 Å². The maximum absolute atomic E-state index is 12.1. The van der Waals surface area contributed by atoms with Crippen LogP contribution in [0.4, 0.5) is 5.69 Å². The Morgan fingerprint density at radius 1 is 1.53 bits per heavy atom. The molecule has 0 aliphatic carbocycles. The number of hydrogen-bond acceptors (Lipinski definition) is 5. The van der Waals surface area contributed by atoms with Crippen molar-refractivity contribution < 1.29 is 18.3 Å². The second-order valence-electron chi connectivity index (χ2n) is 3.97. The van der Waals surface area contributed by atoms with Crippen molar-refractivity contribution in [1.82, 2.24) is 4.72 Å². The fourth-order valence-electron chi connectivity index (χ4n) is 1.51. The van der Waals surface area contributed by atoms with E-state index in [-0.39, 0.29) is 30.2 Å². The third kappa shape index (κ3) is 4.63. The van der Waals surface area contributed by atoms with Gasteiger partial charge in [0.05, 0.1) is 22.2 Å². The molecule has 1 unspecified atom stereocenters. The van der Waals surface area contributed by atoms with Gasteiger partial charge in [-0.2, -0.15) is 0 Å². The molecule has 0 aliphatic rings. The van der Waals surface area contributed by atoms with E-state index in [9.17, 15) is 8.42 Å². The molecule has 6 nitrogen and oxygen atoms in total. The molecule has 0 amide bonds. The van der Waals surface area contributed by atoms with E-state index in [2.05, 4.69) is 4.72 Å². The van der Waals surface area contributed by atoms with Crippen LogP contribution < -0.4 is 10.5 Å². The number of anilines is 1. The molecular weight excluding hydrogens is 292 g/mol. The van der Waals surface area contributed by atoms with Crippen molar-refractivity contribution in [3.05, 3.63) is 23.2 Å². The number of hydrogen-bond donors (Lipinski definition) is 3. The molecule has 0 bridgehead atoms. The Morgan fingerprint density at radius 3 is 2.74 bits per heavy atom. The second kappa shape index (κ2) is 7.06. The van der Waals surface area contributed by atoms with Crippen LogP contribution in [-0.2, 0) is 14.8 Å². The number of nitrogens with one attached hydrogen (secondary N) is 1. The smallest absolute Gasteiger partial charge is 0.240 e. The van der Waals surface area contributed by atoms with Gasteiger partial charge in [0.25, 0.3) is 0 Å². The molecule has 0 radical (unpaired) electrons. The molecular formula is C11H17ClN2O4S. The Morgan fingerprint density at radius 2 is 2.21 bits per heavy atom. The number of rotatable bonds is 7. The van der Waals surface area contributed by atoms with E-state index in [0.717, 1.165) is 0 Å². The van der Waals surface area contributed by atoms with E-state index in [4.69, 9.17) is 27.2 Å². The number of aliphatic hydroxyl groups is 1. The molecule has 108 valence electrons. The molecule has 0 aromatic heterocycles. The van der Waals surface area contributed by atoms with Crippen LogP contribution in [0.2, 0.25) is 5.02 Å². The number of halogens is 1. The third-order valence-corrected chi connectivity index (χ3v) is 4.31. The Bertz CT molecular complexity index is 515. The highest BCUT2D eigenvalue weighted by Crippen LogP contribution is 2.22. The normalized spacial score (nSPS) is 13.4. The summed E-state index contributed by atoms with van der Waals surface area (Å²) >= 11 is 5.74. The number of sulfonamides is 1. The predicted molar refractivity (Wildman–Crippen MR) is 73.6 cm³/mol. The van der Waals surface area contributed by atoms with Crippen LogP contribution in [0.3, 0.4) is 0 Å². The van der Waals surface area contributed by atoms with Gasteiger partial charge in [0.2, 0.25) is 10.0 Å². The van der Waals surface area contributed by atoms with Crippen molar-refractivity contribution in [1.29, 1.82) is 0 Å². The van der Waals surface area contributed by atoms with Crippen molar-refractivity contribution in [2.24, 2.45) is 0 Å². The van der Waals surface area contributed by atoms with Crippen molar-refractivity contribution >= 4 is 27.3 Å². The topological polar surface area (TPSA) is 102 Å². The SMILES string of the molecule is COCC(CCO)NS(=O)(=O)c1ccc(Cl)c(N)c1. The van der Waals surface area contributed by atoms with E-state index in [1.54, 1.807) is 0 Å². The van der Waals surface area contributed by atoms with Gasteiger partial charge in [-0.25, -0.2) is 13.1 Å². The van der Waals surface area contributed by atoms with E-state index >= 15 is 0 Å². The van der Waals surface area contributed by atoms with Crippen LogP contribution in [0.5, 0.6) is 0 Å². The number of nitrogen functional groups attached to an aromatic ring is 1. The van der Waals surface area contributed by atoms with Gasteiger partial charge in [-0.05, 0) is 24.6 Å². The first-order chi connectivity index (χ1) is 8.90. The predicted octanol–water partition coefficient (Wildman–Crippen LogP) is 0.598. The molecule has 0 aliphatic heterocycles. The molecule has 1 rings (SSSR count). The summed E-state index contributed by atoms with van der Waals surface area (Å²) in [4.78, 5) is 0.0217. The average molecular weight is 309 g/mol. The Kier molecular flexibility index (Phi) is 6.02. The monoisotopic (exact) mass is 308 g/mol. The van der Waals surface area contributed by atoms with Gasteiger partial charge < -0.3 is 15.6 Å². The lowest BCUT2D eigenvalue weighted by Gasteiger charge is -2.17. The Balaban J connectivity index is 2.92. The zero-order chi connectivity index (χ0) is 14.5.